The van der Waals surface area contributed by atoms with Gasteiger partial charge in [0, 0.05) is 54.4 Å². The predicted octanol–water partition coefficient (Wildman–Crippen LogP) is 11.4. The zero-order valence-electron chi connectivity index (χ0n) is 25.2. The molecule has 0 atom stereocenters. The minimum absolute atomic E-state index is 0.830. The van der Waals surface area contributed by atoms with E-state index in [0.717, 1.165) is 99.2 Å². The molecular formula is C43H25N3O. The van der Waals surface area contributed by atoms with Crippen LogP contribution in [0.5, 0.6) is 0 Å². The molecule has 10 rings (SSSR count). The first kappa shape index (κ1) is 25.9. The van der Waals surface area contributed by atoms with Crippen molar-refractivity contribution in [1.82, 2.24) is 15.0 Å². The summed E-state index contributed by atoms with van der Waals surface area (Å²) in [5, 5.41) is 7.45. The number of para-hydroxylation sites is 1. The van der Waals surface area contributed by atoms with Gasteiger partial charge in [-0.1, -0.05) is 121 Å². The van der Waals surface area contributed by atoms with Crippen molar-refractivity contribution < 1.29 is 4.42 Å². The van der Waals surface area contributed by atoms with Gasteiger partial charge in [-0.05, 0) is 30.3 Å². The quantitative estimate of drug-likeness (QED) is 0.190. The first-order valence-electron chi connectivity index (χ1n) is 15.8. The largest absolute Gasteiger partial charge is 0.455 e. The molecule has 4 nitrogen and oxygen atoms in total. The molecule has 0 radical (unpaired) electrons. The summed E-state index contributed by atoms with van der Waals surface area (Å²) in [6.45, 7) is 0. The standard InChI is InChI=1S/C43H25N3O/c1-3-10-26(11-4-1)34-24-20-28-18-19-29-21-25-36(46-42(29)41(28)44-34)30-15-9-17-37-38(30)33-23-22-32-39(43(33)47-37)31-14-7-8-16-35(31)45-40(32)27-12-5-2-6-13-27/h1-25H. The van der Waals surface area contributed by atoms with Crippen LogP contribution in [0.2, 0.25) is 0 Å². The Bertz CT molecular complexity index is 2840. The number of fused-ring (bicyclic) bond motifs is 10. The lowest BCUT2D eigenvalue weighted by molar-refractivity contribution is 0.673. The van der Waals surface area contributed by atoms with Crippen molar-refractivity contribution in [3.63, 3.8) is 0 Å². The number of pyridine rings is 3. The molecule has 47 heavy (non-hydrogen) atoms. The lowest BCUT2D eigenvalue weighted by Crippen LogP contribution is -1.91. The molecular weight excluding hydrogens is 574 g/mol. The van der Waals surface area contributed by atoms with Crippen molar-refractivity contribution in [2.75, 3.05) is 0 Å². The van der Waals surface area contributed by atoms with Gasteiger partial charge in [-0.25, -0.2) is 15.0 Å². The molecule has 10 aromatic rings. The number of furan rings is 1. The third-order valence-electron chi connectivity index (χ3n) is 9.24. The summed E-state index contributed by atoms with van der Waals surface area (Å²) < 4.78 is 6.78. The highest BCUT2D eigenvalue weighted by Gasteiger charge is 2.20. The Balaban J connectivity index is 1.24. The number of nitrogens with zero attached hydrogens (tertiary/aromatic N) is 3. The van der Waals surface area contributed by atoms with Gasteiger partial charge in [0.2, 0.25) is 0 Å². The fourth-order valence-electron chi connectivity index (χ4n) is 7.03. The molecule has 0 unspecified atom stereocenters. The van der Waals surface area contributed by atoms with Crippen LogP contribution in [0.25, 0.3) is 99.2 Å². The Morgan fingerprint density at radius 3 is 1.83 bits per heavy atom. The van der Waals surface area contributed by atoms with Gasteiger partial charge >= 0.3 is 0 Å². The van der Waals surface area contributed by atoms with Crippen LogP contribution < -0.4 is 0 Å². The number of rotatable bonds is 3. The van der Waals surface area contributed by atoms with Gasteiger partial charge in [0.1, 0.15) is 11.2 Å². The lowest BCUT2D eigenvalue weighted by atomic mass is 9.96. The smallest absolute Gasteiger partial charge is 0.144 e. The lowest BCUT2D eigenvalue weighted by Gasteiger charge is -2.11. The Morgan fingerprint density at radius 1 is 0.404 bits per heavy atom. The highest BCUT2D eigenvalue weighted by molar-refractivity contribution is 6.26. The van der Waals surface area contributed by atoms with Gasteiger partial charge < -0.3 is 4.42 Å². The summed E-state index contributed by atoms with van der Waals surface area (Å²) in [4.78, 5) is 15.5. The summed E-state index contributed by atoms with van der Waals surface area (Å²) in [5.41, 5.74) is 10.4. The maximum atomic E-state index is 6.78. The first-order chi connectivity index (χ1) is 23.3. The first-order valence-corrected chi connectivity index (χ1v) is 15.8. The van der Waals surface area contributed by atoms with Gasteiger partial charge in [-0.2, -0.15) is 0 Å². The summed E-state index contributed by atoms with van der Waals surface area (Å²) in [7, 11) is 0. The second-order valence-electron chi connectivity index (χ2n) is 12.0. The average molecular weight is 600 g/mol. The van der Waals surface area contributed by atoms with Crippen LogP contribution in [0, 0.1) is 0 Å². The van der Waals surface area contributed by atoms with Crippen LogP contribution >= 0.6 is 0 Å². The van der Waals surface area contributed by atoms with E-state index in [4.69, 9.17) is 19.4 Å². The zero-order valence-corrected chi connectivity index (χ0v) is 25.2. The number of hydrogen-bond acceptors (Lipinski definition) is 4. The number of hydrogen-bond donors (Lipinski definition) is 0. The Labute approximate surface area is 269 Å². The molecule has 0 saturated carbocycles. The van der Waals surface area contributed by atoms with E-state index in [2.05, 4.69) is 121 Å². The van der Waals surface area contributed by atoms with Crippen LogP contribution in [-0.2, 0) is 0 Å². The summed E-state index contributed by atoms with van der Waals surface area (Å²) in [5.74, 6) is 0. The SMILES string of the molecule is c1ccc(-c2ccc3ccc4ccc(-c5cccc6oc7c(ccc8c(-c9ccccc9)nc9ccccc9c87)c56)nc4c3n2)cc1. The van der Waals surface area contributed by atoms with Crippen molar-refractivity contribution in [1.29, 1.82) is 0 Å². The molecule has 0 spiro atoms. The Morgan fingerprint density at radius 2 is 1.04 bits per heavy atom. The molecule has 0 bridgehead atoms. The summed E-state index contributed by atoms with van der Waals surface area (Å²) >= 11 is 0. The highest BCUT2D eigenvalue weighted by Crippen LogP contribution is 2.43. The third kappa shape index (κ3) is 3.98. The van der Waals surface area contributed by atoms with Crippen molar-refractivity contribution >= 4 is 65.4 Å². The number of aromatic nitrogens is 3. The Hall–Kier alpha value is -6.39. The van der Waals surface area contributed by atoms with Crippen LogP contribution in [0.15, 0.2) is 156 Å². The van der Waals surface area contributed by atoms with E-state index >= 15 is 0 Å². The summed E-state index contributed by atoms with van der Waals surface area (Å²) in [6.07, 6.45) is 0. The minimum atomic E-state index is 0.830. The van der Waals surface area contributed by atoms with Gasteiger partial charge in [0.25, 0.3) is 0 Å². The minimum Gasteiger partial charge on any atom is -0.455 e. The van der Waals surface area contributed by atoms with E-state index in [-0.39, 0.29) is 0 Å². The van der Waals surface area contributed by atoms with E-state index in [1.165, 1.54) is 0 Å². The maximum Gasteiger partial charge on any atom is 0.144 e. The monoisotopic (exact) mass is 599 g/mol. The molecule has 6 aromatic carbocycles. The molecule has 0 fully saturated rings. The van der Waals surface area contributed by atoms with Gasteiger partial charge in [-0.3, -0.25) is 0 Å². The molecule has 0 saturated heterocycles. The molecule has 0 aliphatic carbocycles. The molecule has 4 aromatic heterocycles. The second-order valence-corrected chi connectivity index (χ2v) is 12.0. The van der Waals surface area contributed by atoms with Gasteiger partial charge in [0.05, 0.1) is 33.6 Å². The second kappa shape index (κ2) is 10.1. The molecule has 4 heteroatoms. The molecule has 0 aliphatic heterocycles. The fraction of sp³-hybridized carbons (Fsp3) is 0. The predicted molar refractivity (Wildman–Crippen MR) is 193 cm³/mol. The van der Waals surface area contributed by atoms with Crippen LogP contribution in [0.1, 0.15) is 0 Å². The van der Waals surface area contributed by atoms with Crippen molar-refractivity contribution in [2.45, 2.75) is 0 Å². The van der Waals surface area contributed by atoms with Crippen LogP contribution in [0.3, 0.4) is 0 Å². The number of benzene rings is 6. The zero-order chi connectivity index (χ0) is 30.9. The van der Waals surface area contributed by atoms with Crippen LogP contribution in [-0.4, -0.2) is 15.0 Å². The Kier molecular flexibility index (Phi) is 5.54. The maximum absolute atomic E-state index is 6.78. The van der Waals surface area contributed by atoms with Crippen LogP contribution in [0.4, 0.5) is 0 Å². The normalized spacial score (nSPS) is 11.8. The summed E-state index contributed by atoms with van der Waals surface area (Å²) in [6, 6.07) is 52.4. The van der Waals surface area contributed by atoms with Crippen molar-refractivity contribution in [2.24, 2.45) is 0 Å². The van der Waals surface area contributed by atoms with Crippen molar-refractivity contribution in [3.05, 3.63) is 152 Å². The highest BCUT2D eigenvalue weighted by atomic mass is 16.3. The van der Waals surface area contributed by atoms with E-state index in [1.54, 1.807) is 0 Å². The third-order valence-corrected chi connectivity index (χ3v) is 9.24. The molecule has 0 aliphatic rings. The van der Waals surface area contributed by atoms with E-state index in [9.17, 15) is 0 Å². The van der Waals surface area contributed by atoms with E-state index in [0.29, 0.717) is 0 Å². The molecule has 0 amide bonds. The van der Waals surface area contributed by atoms with E-state index in [1.807, 2.05) is 30.3 Å². The molecule has 0 N–H and O–H groups in total. The molecule has 218 valence electrons. The van der Waals surface area contributed by atoms with E-state index < -0.39 is 0 Å². The topological polar surface area (TPSA) is 51.8 Å². The fourth-order valence-corrected chi connectivity index (χ4v) is 7.03. The van der Waals surface area contributed by atoms with Gasteiger partial charge in [0.15, 0.2) is 0 Å². The van der Waals surface area contributed by atoms with Crippen molar-refractivity contribution in [3.8, 4) is 33.8 Å². The van der Waals surface area contributed by atoms with Gasteiger partial charge in [-0.15, -0.1) is 0 Å². The molecule has 4 heterocycles. The average Bonchev–Trinajstić information content (AvgIpc) is 3.54.